The van der Waals surface area contributed by atoms with Crippen LogP contribution in [0.25, 0.3) is 0 Å². The molecule has 1 heterocycles. The molecule has 1 aromatic heterocycles. The van der Waals surface area contributed by atoms with Crippen molar-refractivity contribution in [3.05, 3.63) is 12.2 Å². The van der Waals surface area contributed by atoms with Crippen molar-refractivity contribution in [2.24, 2.45) is 5.92 Å². The van der Waals surface area contributed by atoms with Crippen LogP contribution in [0, 0.1) is 5.92 Å². The summed E-state index contributed by atoms with van der Waals surface area (Å²) in [6.45, 7) is 4.62. The number of hydrogen-bond donors (Lipinski definition) is 3. The van der Waals surface area contributed by atoms with Gasteiger partial charge in [0.25, 0.3) is 0 Å². The second-order valence-electron chi connectivity index (χ2n) is 4.18. The zero-order chi connectivity index (χ0) is 13.5. The van der Waals surface area contributed by atoms with Crippen LogP contribution in [0.3, 0.4) is 0 Å². The molecule has 2 amide bonds. The van der Waals surface area contributed by atoms with Crippen LogP contribution >= 0.6 is 0 Å². The average molecular weight is 255 g/mol. The van der Waals surface area contributed by atoms with Crippen LogP contribution in [-0.4, -0.2) is 38.4 Å². The summed E-state index contributed by atoms with van der Waals surface area (Å²) >= 11 is 0. The van der Waals surface area contributed by atoms with Gasteiger partial charge in [0.2, 0.25) is 0 Å². The van der Waals surface area contributed by atoms with E-state index < -0.39 is 18.5 Å². The smallest absolute Gasteiger partial charge is 0.323 e. The SMILES string of the molecule is CC(C)Cn1ncnc1CNC(=O)NCC(=O)O. The highest BCUT2D eigenvalue weighted by molar-refractivity contribution is 5.79. The van der Waals surface area contributed by atoms with Crippen LogP contribution in [0.1, 0.15) is 19.7 Å². The second-order valence-corrected chi connectivity index (χ2v) is 4.18. The Morgan fingerprint density at radius 2 is 2.17 bits per heavy atom. The molecule has 0 aliphatic carbocycles. The molecule has 100 valence electrons. The number of carbonyl (C=O) groups excluding carboxylic acids is 1. The lowest BCUT2D eigenvalue weighted by Gasteiger charge is -2.09. The Morgan fingerprint density at radius 3 is 2.78 bits per heavy atom. The van der Waals surface area contributed by atoms with E-state index in [0.29, 0.717) is 18.3 Å². The first kappa shape index (κ1) is 13.9. The Balaban J connectivity index is 2.41. The normalized spacial score (nSPS) is 10.4. The number of nitrogens with one attached hydrogen (secondary N) is 2. The zero-order valence-electron chi connectivity index (χ0n) is 10.4. The minimum absolute atomic E-state index is 0.207. The van der Waals surface area contributed by atoms with Gasteiger partial charge in [0.05, 0.1) is 6.54 Å². The van der Waals surface area contributed by atoms with E-state index in [-0.39, 0.29) is 6.54 Å². The molecule has 0 aliphatic rings. The van der Waals surface area contributed by atoms with Crippen LogP contribution in [0.5, 0.6) is 0 Å². The number of carboxylic acids is 1. The number of aromatic nitrogens is 3. The molecular formula is C10H17N5O3. The Bertz CT molecular complexity index is 415. The zero-order valence-corrected chi connectivity index (χ0v) is 10.4. The minimum atomic E-state index is -1.09. The third-order valence-corrected chi connectivity index (χ3v) is 2.04. The standard InChI is InChI=1S/C10H17N5O3/c1-7(2)5-15-8(13-6-14-15)3-11-10(18)12-4-9(16)17/h6-7H,3-5H2,1-2H3,(H,16,17)(H2,11,12,18). The number of rotatable bonds is 6. The second kappa shape index (κ2) is 6.58. The van der Waals surface area contributed by atoms with E-state index in [0.717, 1.165) is 0 Å². The molecule has 0 fully saturated rings. The quantitative estimate of drug-likeness (QED) is 0.653. The third-order valence-electron chi connectivity index (χ3n) is 2.04. The van der Waals surface area contributed by atoms with E-state index in [4.69, 9.17) is 5.11 Å². The van der Waals surface area contributed by atoms with Crippen LogP contribution in [0.2, 0.25) is 0 Å². The molecule has 0 bridgehead atoms. The van der Waals surface area contributed by atoms with E-state index in [1.807, 2.05) is 0 Å². The highest BCUT2D eigenvalue weighted by Gasteiger charge is 2.08. The summed E-state index contributed by atoms with van der Waals surface area (Å²) in [7, 11) is 0. The van der Waals surface area contributed by atoms with Gasteiger partial charge in [0.15, 0.2) is 0 Å². The first-order valence-corrected chi connectivity index (χ1v) is 5.59. The summed E-state index contributed by atoms with van der Waals surface area (Å²) in [5.74, 6) is -0.0337. The lowest BCUT2D eigenvalue weighted by Crippen LogP contribution is -2.38. The van der Waals surface area contributed by atoms with Crippen LogP contribution in [0.4, 0.5) is 4.79 Å². The van der Waals surface area contributed by atoms with E-state index in [1.165, 1.54) is 6.33 Å². The van der Waals surface area contributed by atoms with Crippen molar-refractivity contribution in [3.63, 3.8) is 0 Å². The topological polar surface area (TPSA) is 109 Å². The molecule has 0 saturated heterocycles. The fraction of sp³-hybridized carbons (Fsp3) is 0.600. The first-order chi connectivity index (χ1) is 8.49. The lowest BCUT2D eigenvalue weighted by atomic mass is 10.2. The highest BCUT2D eigenvalue weighted by atomic mass is 16.4. The molecule has 18 heavy (non-hydrogen) atoms. The Kier molecular flexibility index (Phi) is 5.09. The van der Waals surface area contributed by atoms with Crippen molar-refractivity contribution < 1.29 is 14.7 Å². The summed E-state index contributed by atoms with van der Waals surface area (Å²) in [5, 5.41) is 17.2. The third kappa shape index (κ3) is 4.81. The number of nitrogens with zero attached hydrogens (tertiary/aromatic N) is 3. The van der Waals surface area contributed by atoms with Crippen molar-refractivity contribution in [1.82, 2.24) is 25.4 Å². The molecule has 1 rings (SSSR count). The summed E-state index contributed by atoms with van der Waals surface area (Å²) in [5.41, 5.74) is 0. The number of hydrogen-bond acceptors (Lipinski definition) is 4. The summed E-state index contributed by atoms with van der Waals surface area (Å²) in [6.07, 6.45) is 1.43. The molecule has 0 aliphatic heterocycles. The van der Waals surface area contributed by atoms with Gasteiger partial charge in [-0.1, -0.05) is 13.8 Å². The molecule has 0 spiro atoms. The molecule has 0 radical (unpaired) electrons. The average Bonchev–Trinajstić information content (AvgIpc) is 2.70. The van der Waals surface area contributed by atoms with Gasteiger partial charge in [-0.3, -0.25) is 4.79 Å². The van der Waals surface area contributed by atoms with Crippen molar-refractivity contribution in [2.75, 3.05) is 6.54 Å². The van der Waals surface area contributed by atoms with Gasteiger partial charge >= 0.3 is 12.0 Å². The monoisotopic (exact) mass is 255 g/mol. The van der Waals surface area contributed by atoms with Gasteiger partial charge in [-0.25, -0.2) is 14.5 Å². The van der Waals surface area contributed by atoms with Gasteiger partial charge in [-0.05, 0) is 5.92 Å². The molecule has 1 aromatic rings. The molecule has 0 aromatic carbocycles. The molecule has 0 atom stereocenters. The van der Waals surface area contributed by atoms with Crippen molar-refractivity contribution in [2.45, 2.75) is 26.9 Å². The number of carbonyl (C=O) groups is 2. The number of amides is 2. The van der Waals surface area contributed by atoms with Gasteiger partial charge in [0.1, 0.15) is 18.7 Å². The molecule has 8 nitrogen and oxygen atoms in total. The molecule has 8 heteroatoms. The molecule has 0 unspecified atom stereocenters. The predicted octanol–water partition coefficient (Wildman–Crippen LogP) is -0.182. The van der Waals surface area contributed by atoms with Gasteiger partial charge in [0, 0.05) is 6.54 Å². The highest BCUT2D eigenvalue weighted by Crippen LogP contribution is 2.00. The largest absolute Gasteiger partial charge is 0.480 e. The lowest BCUT2D eigenvalue weighted by molar-refractivity contribution is -0.135. The van der Waals surface area contributed by atoms with Crippen molar-refractivity contribution in [3.8, 4) is 0 Å². The number of urea groups is 1. The van der Waals surface area contributed by atoms with E-state index >= 15 is 0 Å². The Hall–Kier alpha value is -2.12. The van der Waals surface area contributed by atoms with Gasteiger partial charge in [-0.2, -0.15) is 5.10 Å². The van der Waals surface area contributed by atoms with E-state index in [2.05, 4.69) is 34.6 Å². The predicted molar refractivity (Wildman–Crippen MR) is 62.7 cm³/mol. The molecule has 3 N–H and O–H groups in total. The minimum Gasteiger partial charge on any atom is -0.480 e. The Labute approximate surface area is 104 Å². The number of carboxylic acid groups (broad SMARTS) is 1. The van der Waals surface area contributed by atoms with E-state index in [1.54, 1.807) is 4.68 Å². The summed E-state index contributed by atoms with van der Waals surface area (Å²) in [6, 6.07) is -0.545. The number of aliphatic carboxylic acids is 1. The van der Waals surface area contributed by atoms with Crippen molar-refractivity contribution in [1.29, 1.82) is 0 Å². The van der Waals surface area contributed by atoms with Gasteiger partial charge in [-0.15, -0.1) is 0 Å². The fourth-order valence-corrected chi connectivity index (χ4v) is 1.30. The summed E-state index contributed by atoms with van der Waals surface area (Å²) in [4.78, 5) is 25.5. The maximum absolute atomic E-state index is 11.2. The maximum atomic E-state index is 11.2. The Morgan fingerprint density at radius 1 is 1.44 bits per heavy atom. The molecular weight excluding hydrogens is 238 g/mol. The molecule has 0 saturated carbocycles. The van der Waals surface area contributed by atoms with E-state index in [9.17, 15) is 9.59 Å². The maximum Gasteiger partial charge on any atom is 0.323 e. The first-order valence-electron chi connectivity index (χ1n) is 5.59. The van der Waals surface area contributed by atoms with Crippen molar-refractivity contribution >= 4 is 12.0 Å². The van der Waals surface area contributed by atoms with Crippen LogP contribution in [0.15, 0.2) is 6.33 Å². The van der Waals surface area contributed by atoms with Crippen LogP contribution < -0.4 is 10.6 Å². The fourth-order valence-electron chi connectivity index (χ4n) is 1.30. The summed E-state index contributed by atoms with van der Waals surface area (Å²) < 4.78 is 1.71. The van der Waals surface area contributed by atoms with Crippen LogP contribution in [-0.2, 0) is 17.9 Å². The van der Waals surface area contributed by atoms with Gasteiger partial charge < -0.3 is 15.7 Å².